The Labute approximate surface area is 213 Å². The Morgan fingerprint density at radius 3 is 3.00 bits per heavy atom. The molecule has 3 heterocycles. The molecule has 0 amide bonds. The zero-order chi connectivity index (χ0) is 24.8. The van der Waals surface area contributed by atoms with Crippen molar-refractivity contribution in [1.82, 2.24) is 9.88 Å². The number of likely N-dealkylation sites (tertiary alicyclic amines) is 1. The zero-order valence-corrected chi connectivity index (χ0v) is 21.1. The lowest BCUT2D eigenvalue weighted by Gasteiger charge is -2.40. The van der Waals surface area contributed by atoms with Gasteiger partial charge < -0.3 is 9.84 Å². The number of alkyl halides is 1. The molecule has 0 radical (unpaired) electrons. The molecular formula is C27H28ClFN2O3S. The maximum absolute atomic E-state index is 15.6. The predicted octanol–water partition coefficient (Wildman–Crippen LogP) is 6.36. The number of carboxylic acids is 1. The highest BCUT2D eigenvalue weighted by atomic mass is 35.5. The second-order valence-corrected chi connectivity index (χ2v) is 10.1. The number of methoxy groups -OCH3 is 1. The average molecular weight is 515 g/mol. The van der Waals surface area contributed by atoms with Gasteiger partial charge in [0.1, 0.15) is 11.9 Å². The van der Waals surface area contributed by atoms with E-state index in [1.165, 1.54) is 11.3 Å². The first-order valence-corrected chi connectivity index (χ1v) is 13.0. The van der Waals surface area contributed by atoms with Crippen LogP contribution in [-0.4, -0.2) is 47.2 Å². The molecule has 1 aliphatic rings. The number of rotatable bonds is 8. The number of aliphatic carboxylic acids is 1. The Hall–Kier alpha value is -2.66. The summed E-state index contributed by atoms with van der Waals surface area (Å²) in [5.41, 5.74) is 1.30. The summed E-state index contributed by atoms with van der Waals surface area (Å²) in [4.78, 5) is 18.9. The van der Waals surface area contributed by atoms with E-state index in [9.17, 15) is 9.90 Å². The molecular weight excluding hydrogens is 487 g/mol. The summed E-state index contributed by atoms with van der Waals surface area (Å²) in [6, 6.07) is 8.95. The average Bonchev–Trinajstić information content (AvgIpc) is 3.26. The van der Waals surface area contributed by atoms with Crippen LogP contribution in [0.5, 0.6) is 5.75 Å². The van der Waals surface area contributed by atoms with Crippen LogP contribution in [0.2, 0.25) is 5.02 Å². The van der Waals surface area contributed by atoms with E-state index < -0.39 is 12.1 Å². The van der Waals surface area contributed by atoms with Crippen molar-refractivity contribution in [2.45, 2.75) is 44.3 Å². The highest BCUT2D eigenvalue weighted by molar-refractivity contribution is 7.11. The second-order valence-electron chi connectivity index (χ2n) is 8.77. The molecule has 4 rings (SSSR count). The van der Waals surface area contributed by atoms with E-state index in [1.54, 1.807) is 19.4 Å². The van der Waals surface area contributed by atoms with Crippen molar-refractivity contribution < 1.29 is 19.0 Å². The van der Waals surface area contributed by atoms with Gasteiger partial charge in [0.15, 0.2) is 0 Å². The first kappa shape index (κ1) is 25.4. The van der Waals surface area contributed by atoms with Crippen molar-refractivity contribution in [1.29, 1.82) is 0 Å². The Morgan fingerprint density at radius 2 is 2.26 bits per heavy atom. The van der Waals surface area contributed by atoms with Crippen molar-refractivity contribution >= 4 is 39.8 Å². The summed E-state index contributed by atoms with van der Waals surface area (Å²) in [5, 5.41) is 12.8. The number of carbonyl (C=O) groups is 1. The predicted molar refractivity (Wildman–Crippen MR) is 138 cm³/mol. The van der Waals surface area contributed by atoms with Gasteiger partial charge >= 0.3 is 5.97 Å². The number of fused-ring (bicyclic) bond motifs is 1. The van der Waals surface area contributed by atoms with Gasteiger partial charge in [0, 0.05) is 24.0 Å². The van der Waals surface area contributed by atoms with Crippen LogP contribution in [0.4, 0.5) is 4.39 Å². The summed E-state index contributed by atoms with van der Waals surface area (Å²) in [5.74, 6) is 6.13. The molecule has 1 aromatic carbocycles. The smallest absolute Gasteiger partial charge is 0.303 e. The molecule has 0 bridgehead atoms. The molecule has 8 heteroatoms. The molecule has 0 saturated carbocycles. The van der Waals surface area contributed by atoms with Gasteiger partial charge in [-0.1, -0.05) is 23.4 Å². The summed E-state index contributed by atoms with van der Waals surface area (Å²) >= 11 is 7.64. The third kappa shape index (κ3) is 6.32. The number of benzene rings is 1. The molecule has 0 aliphatic carbocycles. The van der Waals surface area contributed by atoms with E-state index in [1.807, 2.05) is 29.6 Å². The van der Waals surface area contributed by atoms with Crippen LogP contribution in [0, 0.1) is 17.8 Å². The molecule has 0 spiro atoms. The Bertz CT molecular complexity index is 1240. The molecule has 35 heavy (non-hydrogen) atoms. The number of nitrogens with zero attached hydrogens (tertiary/aromatic N) is 2. The minimum Gasteiger partial charge on any atom is -0.497 e. The summed E-state index contributed by atoms with van der Waals surface area (Å²) in [6.45, 7) is 1.32. The Balaban J connectivity index is 1.51. The van der Waals surface area contributed by atoms with Gasteiger partial charge in [0.05, 0.1) is 29.1 Å². The third-order valence-corrected chi connectivity index (χ3v) is 7.86. The van der Waals surface area contributed by atoms with Crippen molar-refractivity contribution in [3.8, 4) is 17.6 Å². The van der Waals surface area contributed by atoms with E-state index in [2.05, 4.69) is 21.7 Å². The number of hydrogen-bond donors (Lipinski definition) is 1. The lowest BCUT2D eigenvalue weighted by atomic mass is 9.83. The standard InChI is InChI=1S/C27H28ClFN2O3S/c1-34-19-6-8-24-21(17-19)20(10-12-30-24)23(29)7-9-25-18(16-27(32)33)4-2-13-31(25)14-3-5-26-22(28)11-15-35-26/h6,8,10-12,15,17-18,23,25H,2,4,7,9,13-14,16H2,1H3,(H,32,33). The lowest BCUT2D eigenvalue weighted by molar-refractivity contribution is -0.139. The summed E-state index contributed by atoms with van der Waals surface area (Å²) < 4.78 is 20.9. The molecule has 1 aliphatic heterocycles. The zero-order valence-electron chi connectivity index (χ0n) is 19.5. The number of halogens is 2. The molecule has 2 aromatic heterocycles. The molecule has 5 nitrogen and oxygen atoms in total. The minimum atomic E-state index is -1.20. The molecule has 3 atom stereocenters. The molecule has 1 fully saturated rings. The first-order chi connectivity index (χ1) is 17.0. The normalized spacial score (nSPS) is 19.2. The van der Waals surface area contributed by atoms with Gasteiger partial charge in [-0.25, -0.2) is 4.39 Å². The first-order valence-electron chi connectivity index (χ1n) is 11.7. The van der Waals surface area contributed by atoms with Crippen LogP contribution < -0.4 is 4.74 Å². The largest absolute Gasteiger partial charge is 0.497 e. The van der Waals surface area contributed by atoms with Crippen LogP contribution in [0.1, 0.15) is 48.7 Å². The van der Waals surface area contributed by atoms with Gasteiger partial charge in [-0.3, -0.25) is 14.7 Å². The topological polar surface area (TPSA) is 62.7 Å². The number of pyridine rings is 1. The maximum Gasteiger partial charge on any atom is 0.303 e. The molecule has 1 N–H and O–H groups in total. The molecule has 184 valence electrons. The molecule has 3 unspecified atom stereocenters. The lowest BCUT2D eigenvalue weighted by Crippen LogP contribution is -2.46. The Morgan fingerprint density at radius 1 is 1.40 bits per heavy atom. The van der Waals surface area contributed by atoms with Gasteiger partial charge in [0.2, 0.25) is 0 Å². The molecule has 1 saturated heterocycles. The van der Waals surface area contributed by atoms with E-state index in [-0.39, 0.29) is 24.8 Å². The van der Waals surface area contributed by atoms with Crippen molar-refractivity contribution in [2.75, 3.05) is 20.2 Å². The van der Waals surface area contributed by atoms with E-state index in [4.69, 9.17) is 16.3 Å². The number of ether oxygens (including phenoxy) is 1. The summed E-state index contributed by atoms with van der Waals surface area (Å²) in [7, 11) is 1.58. The highest BCUT2D eigenvalue weighted by Gasteiger charge is 2.33. The van der Waals surface area contributed by atoms with Crippen LogP contribution >= 0.6 is 22.9 Å². The number of piperidine rings is 1. The maximum atomic E-state index is 15.6. The van der Waals surface area contributed by atoms with Gasteiger partial charge in [-0.15, -0.1) is 11.3 Å². The van der Waals surface area contributed by atoms with E-state index in [0.717, 1.165) is 35.2 Å². The van der Waals surface area contributed by atoms with Crippen LogP contribution in [-0.2, 0) is 4.79 Å². The number of aromatic nitrogens is 1. The van der Waals surface area contributed by atoms with Crippen LogP contribution in [0.25, 0.3) is 10.9 Å². The number of hydrogen-bond acceptors (Lipinski definition) is 5. The Kier molecular flexibility index (Phi) is 8.61. The van der Waals surface area contributed by atoms with E-state index >= 15 is 4.39 Å². The highest BCUT2D eigenvalue weighted by Crippen LogP contribution is 2.35. The quantitative estimate of drug-likeness (QED) is 0.354. The number of thiophene rings is 1. The minimum absolute atomic E-state index is 0.0325. The third-order valence-electron chi connectivity index (χ3n) is 6.61. The van der Waals surface area contributed by atoms with Crippen molar-refractivity contribution in [2.24, 2.45) is 5.92 Å². The van der Waals surface area contributed by atoms with Gasteiger partial charge in [-0.05, 0) is 79.4 Å². The van der Waals surface area contributed by atoms with Crippen LogP contribution in [0.3, 0.4) is 0 Å². The number of carboxylic acid groups (broad SMARTS) is 1. The van der Waals surface area contributed by atoms with E-state index in [0.29, 0.717) is 29.3 Å². The molecule has 3 aromatic rings. The second kappa shape index (κ2) is 11.9. The van der Waals surface area contributed by atoms with Crippen LogP contribution in [0.15, 0.2) is 41.9 Å². The fraction of sp³-hybridized carbons (Fsp3) is 0.407. The summed E-state index contributed by atoms with van der Waals surface area (Å²) in [6.07, 6.45) is 3.08. The van der Waals surface area contributed by atoms with Crippen molar-refractivity contribution in [3.05, 3.63) is 57.4 Å². The van der Waals surface area contributed by atoms with Gasteiger partial charge in [0.25, 0.3) is 0 Å². The fourth-order valence-electron chi connectivity index (χ4n) is 4.91. The monoisotopic (exact) mass is 514 g/mol. The fourth-order valence-corrected chi connectivity index (χ4v) is 5.88. The SMILES string of the molecule is COc1ccc2nccc(C(F)CCC3C(CC(=O)O)CCCN3CC#Cc3sccc3Cl)c2c1. The van der Waals surface area contributed by atoms with Gasteiger partial charge in [-0.2, -0.15) is 0 Å². The van der Waals surface area contributed by atoms with Crippen molar-refractivity contribution in [3.63, 3.8) is 0 Å².